The van der Waals surface area contributed by atoms with E-state index in [-0.39, 0.29) is 36.8 Å². The SMILES string of the molecule is CCCCCCCC/C=C\CCCCCCCC(=O)NC(C)CCCCOC(=O)CCNC(=O)C1OC(C)(C)OCC1(C)C. The summed E-state index contributed by atoms with van der Waals surface area (Å²) in [5, 5.41) is 5.88. The van der Waals surface area contributed by atoms with Gasteiger partial charge in [-0.15, -0.1) is 0 Å². The molecule has 1 rings (SSSR count). The van der Waals surface area contributed by atoms with E-state index in [0.717, 1.165) is 32.1 Å². The van der Waals surface area contributed by atoms with Crippen LogP contribution in [-0.4, -0.2) is 55.5 Å². The third-order valence-corrected chi connectivity index (χ3v) is 8.14. The quantitative estimate of drug-likeness (QED) is 0.0609. The molecule has 44 heavy (non-hydrogen) atoms. The maximum absolute atomic E-state index is 12.6. The van der Waals surface area contributed by atoms with Crippen molar-refractivity contribution >= 4 is 17.8 Å². The minimum absolute atomic E-state index is 0.109. The van der Waals surface area contributed by atoms with Gasteiger partial charge in [0.15, 0.2) is 5.79 Å². The Balaban J connectivity index is 1.96. The zero-order valence-corrected chi connectivity index (χ0v) is 29.1. The maximum Gasteiger partial charge on any atom is 0.307 e. The summed E-state index contributed by atoms with van der Waals surface area (Å²) in [6.45, 7) is 12.7. The van der Waals surface area contributed by atoms with E-state index >= 15 is 0 Å². The number of amides is 2. The summed E-state index contributed by atoms with van der Waals surface area (Å²) in [5.41, 5.74) is -0.458. The van der Waals surface area contributed by atoms with Gasteiger partial charge in [0.25, 0.3) is 0 Å². The molecule has 1 saturated heterocycles. The van der Waals surface area contributed by atoms with Crippen molar-refractivity contribution in [3.05, 3.63) is 12.2 Å². The Morgan fingerprint density at radius 1 is 0.841 bits per heavy atom. The zero-order valence-electron chi connectivity index (χ0n) is 29.1. The number of ether oxygens (including phenoxy) is 3. The van der Waals surface area contributed by atoms with E-state index in [2.05, 4.69) is 29.7 Å². The molecule has 0 spiro atoms. The van der Waals surface area contributed by atoms with Gasteiger partial charge in [0, 0.05) is 24.4 Å². The molecule has 0 aliphatic carbocycles. The summed E-state index contributed by atoms with van der Waals surface area (Å²) in [7, 11) is 0. The van der Waals surface area contributed by atoms with Crippen molar-refractivity contribution in [2.75, 3.05) is 19.8 Å². The molecule has 2 unspecified atom stereocenters. The van der Waals surface area contributed by atoms with Crippen molar-refractivity contribution in [1.82, 2.24) is 10.6 Å². The van der Waals surface area contributed by atoms with Crippen LogP contribution in [0.4, 0.5) is 0 Å². The van der Waals surface area contributed by atoms with Gasteiger partial charge in [0.1, 0.15) is 6.10 Å². The largest absolute Gasteiger partial charge is 0.466 e. The van der Waals surface area contributed by atoms with Crippen LogP contribution >= 0.6 is 0 Å². The van der Waals surface area contributed by atoms with Gasteiger partial charge in [-0.25, -0.2) is 0 Å². The Hall–Kier alpha value is -1.93. The predicted molar refractivity (Wildman–Crippen MR) is 178 cm³/mol. The summed E-state index contributed by atoms with van der Waals surface area (Å²) >= 11 is 0. The topological polar surface area (TPSA) is 103 Å². The van der Waals surface area contributed by atoms with Crippen LogP contribution in [-0.2, 0) is 28.6 Å². The highest BCUT2D eigenvalue weighted by Crippen LogP contribution is 2.34. The second kappa shape index (κ2) is 23.4. The first kappa shape index (κ1) is 40.1. The number of hydrogen-bond acceptors (Lipinski definition) is 6. The van der Waals surface area contributed by atoms with Crippen LogP contribution in [0, 0.1) is 5.41 Å². The van der Waals surface area contributed by atoms with Crippen LogP contribution in [0.3, 0.4) is 0 Å². The number of allylic oxidation sites excluding steroid dienone is 2. The number of rotatable bonds is 25. The molecule has 2 atom stereocenters. The molecule has 0 radical (unpaired) electrons. The average molecular weight is 623 g/mol. The number of carbonyl (C=O) groups excluding carboxylic acids is 3. The number of unbranched alkanes of at least 4 members (excludes halogenated alkanes) is 12. The lowest BCUT2D eigenvalue weighted by molar-refractivity contribution is -0.304. The molecule has 2 amide bonds. The molecule has 256 valence electrons. The molecule has 1 aliphatic heterocycles. The number of nitrogens with one attached hydrogen (secondary N) is 2. The van der Waals surface area contributed by atoms with E-state index in [4.69, 9.17) is 14.2 Å². The van der Waals surface area contributed by atoms with Crippen LogP contribution < -0.4 is 10.6 Å². The lowest BCUT2D eigenvalue weighted by Gasteiger charge is -2.44. The molecule has 0 aromatic heterocycles. The highest BCUT2D eigenvalue weighted by molar-refractivity contribution is 5.82. The van der Waals surface area contributed by atoms with E-state index in [0.29, 0.717) is 19.6 Å². The fourth-order valence-corrected chi connectivity index (χ4v) is 5.29. The first-order chi connectivity index (χ1) is 21.0. The van der Waals surface area contributed by atoms with E-state index in [1.54, 1.807) is 13.8 Å². The second-order valence-electron chi connectivity index (χ2n) is 13.7. The van der Waals surface area contributed by atoms with Crippen molar-refractivity contribution in [2.45, 2.75) is 175 Å². The second-order valence-corrected chi connectivity index (χ2v) is 13.7. The van der Waals surface area contributed by atoms with E-state index in [1.807, 2.05) is 20.8 Å². The van der Waals surface area contributed by atoms with Gasteiger partial charge < -0.3 is 24.8 Å². The van der Waals surface area contributed by atoms with Crippen LogP contribution in [0.25, 0.3) is 0 Å². The average Bonchev–Trinajstić information content (AvgIpc) is 2.96. The molecular weight excluding hydrogens is 556 g/mol. The Morgan fingerprint density at radius 3 is 2.11 bits per heavy atom. The minimum atomic E-state index is -0.819. The molecule has 1 aliphatic rings. The molecule has 1 heterocycles. The predicted octanol–water partition coefficient (Wildman–Crippen LogP) is 7.93. The first-order valence-electron chi connectivity index (χ1n) is 17.7. The Kier molecular flexibility index (Phi) is 21.3. The summed E-state index contributed by atoms with van der Waals surface area (Å²) < 4.78 is 16.8. The lowest BCUT2D eigenvalue weighted by Crippen LogP contribution is -2.56. The van der Waals surface area contributed by atoms with Crippen LogP contribution in [0.2, 0.25) is 0 Å². The van der Waals surface area contributed by atoms with Crippen molar-refractivity contribution in [1.29, 1.82) is 0 Å². The Labute approximate surface area is 269 Å². The van der Waals surface area contributed by atoms with Gasteiger partial charge >= 0.3 is 5.97 Å². The molecule has 8 heteroatoms. The number of hydrogen-bond donors (Lipinski definition) is 2. The smallest absolute Gasteiger partial charge is 0.307 e. The number of esters is 1. The van der Waals surface area contributed by atoms with Gasteiger partial charge in [-0.05, 0) is 72.1 Å². The zero-order chi connectivity index (χ0) is 32.7. The molecule has 0 saturated carbocycles. The summed E-state index contributed by atoms with van der Waals surface area (Å²) in [6.07, 6.45) is 23.5. The molecule has 2 N–H and O–H groups in total. The first-order valence-corrected chi connectivity index (χ1v) is 17.7. The lowest BCUT2D eigenvalue weighted by atomic mass is 9.85. The van der Waals surface area contributed by atoms with Gasteiger partial charge in [0.05, 0.1) is 19.6 Å². The highest BCUT2D eigenvalue weighted by Gasteiger charge is 2.45. The Morgan fingerprint density at radius 2 is 1.45 bits per heavy atom. The molecule has 0 aromatic carbocycles. The van der Waals surface area contributed by atoms with Gasteiger partial charge in [0.2, 0.25) is 11.8 Å². The maximum atomic E-state index is 12.6. The van der Waals surface area contributed by atoms with E-state index in [1.165, 1.54) is 70.6 Å². The molecular formula is C36H66N2O6. The summed E-state index contributed by atoms with van der Waals surface area (Å²) in [5.74, 6) is -1.27. The van der Waals surface area contributed by atoms with Gasteiger partial charge in [-0.1, -0.05) is 84.3 Å². The fraction of sp³-hybridized carbons (Fsp3) is 0.861. The third kappa shape index (κ3) is 20.2. The van der Waals surface area contributed by atoms with Crippen molar-refractivity contribution < 1.29 is 28.6 Å². The van der Waals surface area contributed by atoms with Crippen LogP contribution in [0.15, 0.2) is 12.2 Å². The molecule has 0 bridgehead atoms. The van der Waals surface area contributed by atoms with Gasteiger partial charge in [-0.2, -0.15) is 0 Å². The molecule has 1 fully saturated rings. The molecule has 0 aromatic rings. The monoisotopic (exact) mass is 622 g/mol. The van der Waals surface area contributed by atoms with Crippen LogP contribution in [0.1, 0.15) is 157 Å². The van der Waals surface area contributed by atoms with E-state index in [9.17, 15) is 14.4 Å². The van der Waals surface area contributed by atoms with Crippen LogP contribution in [0.5, 0.6) is 0 Å². The van der Waals surface area contributed by atoms with Crippen molar-refractivity contribution in [3.8, 4) is 0 Å². The number of carbonyl (C=O) groups is 3. The van der Waals surface area contributed by atoms with Crippen molar-refractivity contribution in [3.63, 3.8) is 0 Å². The van der Waals surface area contributed by atoms with E-state index < -0.39 is 17.3 Å². The standard InChI is InChI=1S/C36H66N2O6/c1-7-8-9-10-11-12-13-14-15-16-17-18-19-20-21-25-31(39)38-30(2)24-22-23-28-42-32(40)26-27-37-34(41)33-35(3,4)29-43-36(5,6)44-33/h14-15,30,33H,7-13,16-29H2,1-6H3,(H,37,41)(H,38,39)/b15-14-. The highest BCUT2D eigenvalue weighted by atomic mass is 16.7. The fourth-order valence-electron chi connectivity index (χ4n) is 5.29. The summed E-state index contributed by atoms with van der Waals surface area (Å²) in [6, 6.07) is 0.109. The Bertz CT molecular complexity index is 825. The molecule has 8 nitrogen and oxygen atoms in total. The minimum Gasteiger partial charge on any atom is -0.466 e. The van der Waals surface area contributed by atoms with Crippen molar-refractivity contribution in [2.24, 2.45) is 5.41 Å². The normalized spacial score (nSPS) is 18.2. The third-order valence-electron chi connectivity index (χ3n) is 8.14. The van der Waals surface area contributed by atoms with Gasteiger partial charge in [-0.3, -0.25) is 14.4 Å². The summed E-state index contributed by atoms with van der Waals surface area (Å²) in [4.78, 5) is 36.9.